The molecule has 4 nitrogen and oxygen atoms in total. The van der Waals surface area contributed by atoms with Crippen molar-refractivity contribution in [2.75, 3.05) is 0 Å². The molecule has 25 heavy (non-hydrogen) atoms. The summed E-state index contributed by atoms with van der Waals surface area (Å²) in [5.74, 6) is 0.715. The summed E-state index contributed by atoms with van der Waals surface area (Å²) in [5, 5.41) is 14.0. The first-order valence-corrected chi connectivity index (χ1v) is 9.12. The van der Waals surface area contributed by atoms with Gasteiger partial charge in [-0.2, -0.15) is 9.78 Å². The van der Waals surface area contributed by atoms with Gasteiger partial charge in [0.25, 0.3) is 0 Å². The average Bonchev–Trinajstić information content (AvgIpc) is 3.08. The van der Waals surface area contributed by atoms with E-state index in [1.54, 1.807) is 29.0 Å². The lowest BCUT2D eigenvalue weighted by Crippen LogP contribution is -1.93. The van der Waals surface area contributed by atoms with E-state index in [-0.39, 0.29) is 0 Å². The third-order valence-corrected chi connectivity index (χ3v) is 4.75. The Morgan fingerprint density at radius 3 is 2.72 bits per heavy atom. The van der Waals surface area contributed by atoms with Gasteiger partial charge in [-0.25, -0.2) is 0 Å². The third-order valence-electron chi connectivity index (χ3n) is 3.39. The summed E-state index contributed by atoms with van der Waals surface area (Å²) in [4.78, 5) is 0. The number of aromatic nitrogens is 3. The Morgan fingerprint density at radius 1 is 1.16 bits per heavy atom. The Labute approximate surface area is 156 Å². The molecule has 3 rings (SSSR count). The number of hydrogen-bond donors (Lipinski definition) is 0. The van der Waals surface area contributed by atoms with Gasteiger partial charge in [0, 0.05) is 10.8 Å². The lowest BCUT2D eigenvalue weighted by atomic mass is 10.1. The highest BCUT2D eigenvalue weighted by Gasteiger charge is 2.06. The van der Waals surface area contributed by atoms with Crippen LogP contribution in [0, 0.1) is 0 Å². The molecule has 0 saturated carbocycles. The molecule has 0 radical (unpaired) electrons. The smallest absolute Gasteiger partial charge is 0.195 e. The van der Waals surface area contributed by atoms with Crippen LogP contribution in [0.25, 0.3) is 6.08 Å². The number of allylic oxidation sites excluding steroid dienone is 1. The lowest BCUT2D eigenvalue weighted by molar-refractivity contribution is 0.766. The predicted molar refractivity (Wildman–Crippen MR) is 105 cm³/mol. The molecule has 126 valence electrons. The zero-order chi connectivity index (χ0) is 17.5. The molecule has 0 fully saturated rings. The van der Waals surface area contributed by atoms with Crippen LogP contribution >= 0.6 is 23.4 Å². The average molecular weight is 369 g/mol. The summed E-state index contributed by atoms with van der Waals surface area (Å²) in [6.45, 7) is 2.01. The summed E-state index contributed by atoms with van der Waals surface area (Å²) in [5.41, 5.74) is 3.25. The minimum absolute atomic E-state index is 0.715. The summed E-state index contributed by atoms with van der Waals surface area (Å²) >= 11 is 7.74. The standard InChI is InChI=1S/C19H17ClN4S/c1-15(11-16-7-3-2-4-8-16)12-22-24-14-21-23-19(24)25-13-17-9-5-6-10-18(17)20/h2-12,14H,13H2,1H3/b15-11-,22-12-. The maximum Gasteiger partial charge on any atom is 0.212 e. The van der Waals surface area contributed by atoms with Crippen molar-refractivity contribution in [3.05, 3.63) is 82.6 Å². The first kappa shape index (κ1) is 17.5. The van der Waals surface area contributed by atoms with Gasteiger partial charge >= 0.3 is 0 Å². The van der Waals surface area contributed by atoms with E-state index >= 15 is 0 Å². The summed E-state index contributed by atoms with van der Waals surface area (Å²) in [6.07, 6.45) is 5.47. The molecule has 0 N–H and O–H groups in total. The van der Waals surface area contributed by atoms with Gasteiger partial charge in [-0.1, -0.05) is 78.0 Å². The van der Waals surface area contributed by atoms with Crippen LogP contribution in [0.5, 0.6) is 0 Å². The molecule has 6 heteroatoms. The van der Waals surface area contributed by atoms with Gasteiger partial charge in [-0.05, 0) is 29.7 Å². The molecular formula is C19H17ClN4S. The topological polar surface area (TPSA) is 43.1 Å². The van der Waals surface area contributed by atoms with Crippen molar-refractivity contribution in [1.29, 1.82) is 0 Å². The molecule has 3 aromatic rings. The maximum atomic E-state index is 6.19. The second kappa shape index (κ2) is 8.65. The number of halogens is 1. The van der Waals surface area contributed by atoms with Crippen LogP contribution in [0.4, 0.5) is 0 Å². The number of nitrogens with zero attached hydrogens (tertiary/aromatic N) is 4. The summed E-state index contributed by atoms with van der Waals surface area (Å²) in [6, 6.07) is 17.9. The Bertz CT molecular complexity index is 887. The molecule has 0 spiro atoms. The van der Waals surface area contributed by atoms with E-state index in [1.807, 2.05) is 49.4 Å². The van der Waals surface area contributed by atoms with Gasteiger partial charge in [0.05, 0.1) is 6.21 Å². The van der Waals surface area contributed by atoms with E-state index in [1.165, 1.54) is 0 Å². The zero-order valence-corrected chi connectivity index (χ0v) is 15.3. The van der Waals surface area contributed by atoms with Crippen LogP contribution in [-0.2, 0) is 5.75 Å². The molecule has 0 aliphatic carbocycles. The molecule has 0 aliphatic heterocycles. The van der Waals surface area contributed by atoms with Crippen molar-refractivity contribution >= 4 is 35.7 Å². The highest BCUT2D eigenvalue weighted by atomic mass is 35.5. The van der Waals surface area contributed by atoms with Gasteiger partial charge in [-0.3, -0.25) is 0 Å². The molecule has 0 aliphatic rings. The van der Waals surface area contributed by atoms with Crippen LogP contribution in [0.3, 0.4) is 0 Å². The monoisotopic (exact) mass is 368 g/mol. The van der Waals surface area contributed by atoms with Crippen molar-refractivity contribution in [3.8, 4) is 0 Å². The van der Waals surface area contributed by atoms with Crippen molar-refractivity contribution < 1.29 is 0 Å². The van der Waals surface area contributed by atoms with E-state index in [9.17, 15) is 0 Å². The predicted octanol–water partition coefficient (Wildman–Crippen LogP) is 5.16. The fourth-order valence-corrected chi connectivity index (χ4v) is 3.30. The SMILES string of the molecule is CC(/C=N\n1cnnc1SCc1ccccc1Cl)=C/c1ccccc1. The molecule has 1 aromatic heterocycles. The van der Waals surface area contributed by atoms with E-state index in [0.717, 1.165) is 26.9 Å². The maximum absolute atomic E-state index is 6.19. The third kappa shape index (κ3) is 5.05. The summed E-state index contributed by atoms with van der Waals surface area (Å²) in [7, 11) is 0. The van der Waals surface area contributed by atoms with Gasteiger partial charge in [0.15, 0.2) is 0 Å². The van der Waals surface area contributed by atoms with E-state index in [0.29, 0.717) is 5.75 Å². The zero-order valence-electron chi connectivity index (χ0n) is 13.7. The van der Waals surface area contributed by atoms with Gasteiger partial charge < -0.3 is 0 Å². The largest absolute Gasteiger partial charge is 0.212 e. The molecule has 0 saturated heterocycles. The van der Waals surface area contributed by atoms with Crippen LogP contribution in [0.2, 0.25) is 5.02 Å². The highest BCUT2D eigenvalue weighted by molar-refractivity contribution is 7.98. The second-order valence-corrected chi connectivity index (χ2v) is 6.73. The fourth-order valence-electron chi connectivity index (χ4n) is 2.15. The number of rotatable bonds is 6. The molecule has 0 amide bonds. The molecule has 0 unspecified atom stereocenters. The van der Waals surface area contributed by atoms with Crippen molar-refractivity contribution in [2.45, 2.75) is 17.8 Å². The van der Waals surface area contributed by atoms with E-state index < -0.39 is 0 Å². The normalized spacial score (nSPS) is 12.0. The van der Waals surface area contributed by atoms with Crippen LogP contribution in [0.15, 0.2) is 76.8 Å². The molecular weight excluding hydrogens is 352 g/mol. The van der Waals surface area contributed by atoms with Gasteiger partial charge in [0.2, 0.25) is 5.16 Å². The van der Waals surface area contributed by atoms with Crippen LogP contribution < -0.4 is 0 Å². The van der Waals surface area contributed by atoms with Crippen molar-refractivity contribution in [1.82, 2.24) is 14.9 Å². The Morgan fingerprint density at radius 2 is 1.92 bits per heavy atom. The van der Waals surface area contributed by atoms with Crippen molar-refractivity contribution in [2.24, 2.45) is 5.10 Å². The fraction of sp³-hybridized carbons (Fsp3) is 0.105. The molecule has 0 bridgehead atoms. The number of thioether (sulfide) groups is 1. The molecule has 2 aromatic carbocycles. The summed E-state index contributed by atoms with van der Waals surface area (Å²) < 4.78 is 1.67. The molecule has 1 heterocycles. The van der Waals surface area contributed by atoms with E-state index in [2.05, 4.69) is 33.5 Å². The first-order valence-electron chi connectivity index (χ1n) is 7.76. The minimum atomic E-state index is 0.715. The quantitative estimate of drug-likeness (QED) is 0.445. The van der Waals surface area contributed by atoms with E-state index in [4.69, 9.17) is 11.6 Å². The highest BCUT2D eigenvalue weighted by Crippen LogP contribution is 2.25. The van der Waals surface area contributed by atoms with Gasteiger partial charge in [-0.15, -0.1) is 10.2 Å². The number of hydrogen-bond acceptors (Lipinski definition) is 4. The Hall–Kier alpha value is -2.37. The van der Waals surface area contributed by atoms with Crippen LogP contribution in [0.1, 0.15) is 18.1 Å². The lowest BCUT2D eigenvalue weighted by Gasteiger charge is -2.03. The Balaban J connectivity index is 1.67. The Kier molecular flexibility index (Phi) is 6.04. The second-order valence-electron chi connectivity index (χ2n) is 5.38. The minimum Gasteiger partial charge on any atom is -0.195 e. The number of benzene rings is 2. The van der Waals surface area contributed by atoms with Crippen molar-refractivity contribution in [3.63, 3.8) is 0 Å². The molecule has 0 atom stereocenters. The first-order chi connectivity index (χ1) is 12.2. The van der Waals surface area contributed by atoms with Gasteiger partial charge in [0.1, 0.15) is 6.33 Å². The van der Waals surface area contributed by atoms with Crippen LogP contribution in [-0.4, -0.2) is 21.1 Å².